The van der Waals surface area contributed by atoms with Gasteiger partial charge in [-0.3, -0.25) is 0 Å². The first-order chi connectivity index (χ1) is 10.6. The lowest BCUT2D eigenvalue weighted by molar-refractivity contribution is 0.194. The topological polar surface area (TPSA) is 79.0 Å². The van der Waals surface area contributed by atoms with Crippen molar-refractivity contribution in [2.75, 3.05) is 20.3 Å². The van der Waals surface area contributed by atoms with Crippen molar-refractivity contribution in [1.82, 2.24) is 20.6 Å². The van der Waals surface area contributed by atoms with Gasteiger partial charge in [0.2, 0.25) is 0 Å². The summed E-state index contributed by atoms with van der Waals surface area (Å²) in [7, 11) is 1.61. The molecule has 120 valence electrons. The lowest BCUT2D eigenvalue weighted by Gasteiger charge is -2.19. The van der Waals surface area contributed by atoms with E-state index >= 15 is 0 Å². The van der Waals surface area contributed by atoms with Gasteiger partial charge in [-0.2, -0.15) is 0 Å². The summed E-state index contributed by atoms with van der Waals surface area (Å²) in [4.78, 5) is 19.9. The van der Waals surface area contributed by atoms with E-state index in [9.17, 15) is 4.79 Å². The fourth-order valence-corrected chi connectivity index (χ4v) is 2.32. The van der Waals surface area contributed by atoms with Gasteiger partial charge in [0.05, 0.1) is 23.7 Å². The van der Waals surface area contributed by atoms with Crippen LogP contribution in [0.5, 0.6) is 0 Å². The molecule has 6 nitrogen and oxygen atoms in total. The number of rotatable bonds is 7. The van der Waals surface area contributed by atoms with Gasteiger partial charge in [0, 0.05) is 13.7 Å². The third-order valence-corrected chi connectivity index (χ3v) is 3.34. The van der Waals surface area contributed by atoms with E-state index in [1.807, 2.05) is 24.3 Å². The van der Waals surface area contributed by atoms with Crippen LogP contribution >= 0.6 is 0 Å². The first-order valence-electron chi connectivity index (χ1n) is 7.58. The lowest BCUT2D eigenvalue weighted by Crippen LogP contribution is -2.40. The smallest absolute Gasteiger partial charge is 0.315 e. The lowest BCUT2D eigenvalue weighted by atomic mass is 10.0. The van der Waals surface area contributed by atoms with Crippen LogP contribution in [0.25, 0.3) is 11.0 Å². The van der Waals surface area contributed by atoms with E-state index < -0.39 is 0 Å². The van der Waals surface area contributed by atoms with Gasteiger partial charge in [-0.25, -0.2) is 9.78 Å². The van der Waals surface area contributed by atoms with Crippen LogP contribution in [0.1, 0.15) is 32.1 Å². The Hall–Kier alpha value is -2.08. The van der Waals surface area contributed by atoms with Crippen LogP contribution in [0.15, 0.2) is 24.3 Å². The Labute approximate surface area is 130 Å². The van der Waals surface area contributed by atoms with Gasteiger partial charge in [-0.15, -0.1) is 0 Å². The number of imidazole rings is 1. The fourth-order valence-electron chi connectivity index (χ4n) is 2.32. The Bertz CT molecular complexity index is 576. The number of para-hydroxylation sites is 2. The van der Waals surface area contributed by atoms with Gasteiger partial charge >= 0.3 is 6.03 Å². The second-order valence-electron chi connectivity index (χ2n) is 5.71. The molecule has 1 heterocycles. The molecule has 2 rings (SSSR count). The van der Waals surface area contributed by atoms with Crippen LogP contribution in [0.4, 0.5) is 4.79 Å². The highest BCUT2D eigenvalue weighted by Gasteiger charge is 2.19. The largest absolute Gasteiger partial charge is 0.383 e. The predicted octanol–water partition coefficient (Wildman–Crippen LogP) is 2.60. The summed E-state index contributed by atoms with van der Waals surface area (Å²) in [5.41, 5.74) is 1.89. The zero-order chi connectivity index (χ0) is 15.9. The number of nitrogens with zero attached hydrogens (tertiary/aromatic N) is 1. The molecule has 2 aromatic rings. The third-order valence-electron chi connectivity index (χ3n) is 3.34. The minimum atomic E-state index is -0.205. The summed E-state index contributed by atoms with van der Waals surface area (Å²) in [5, 5.41) is 5.76. The van der Waals surface area contributed by atoms with E-state index in [4.69, 9.17) is 4.74 Å². The number of aromatic nitrogens is 2. The average molecular weight is 304 g/mol. The number of urea groups is 1. The van der Waals surface area contributed by atoms with E-state index in [0.29, 0.717) is 19.1 Å². The van der Waals surface area contributed by atoms with Crippen LogP contribution in [-0.2, 0) is 4.74 Å². The second kappa shape index (κ2) is 7.79. The molecule has 0 aliphatic carbocycles. The Morgan fingerprint density at radius 1 is 1.36 bits per heavy atom. The molecule has 0 aliphatic rings. The van der Waals surface area contributed by atoms with Gasteiger partial charge in [0.1, 0.15) is 5.82 Å². The summed E-state index contributed by atoms with van der Waals surface area (Å²) >= 11 is 0. The van der Waals surface area contributed by atoms with Crippen LogP contribution in [0.3, 0.4) is 0 Å². The van der Waals surface area contributed by atoms with E-state index in [1.165, 1.54) is 0 Å². The number of carbonyl (C=O) groups excluding carboxylic acids is 1. The Morgan fingerprint density at radius 2 is 2.14 bits per heavy atom. The predicted molar refractivity (Wildman–Crippen MR) is 86.7 cm³/mol. The number of amides is 2. The molecule has 0 spiro atoms. The molecule has 0 bridgehead atoms. The molecule has 0 saturated carbocycles. The zero-order valence-electron chi connectivity index (χ0n) is 13.3. The fraction of sp³-hybridized carbons (Fsp3) is 0.500. The van der Waals surface area contributed by atoms with Crippen molar-refractivity contribution < 1.29 is 9.53 Å². The number of ether oxygens (including phenoxy) is 1. The number of hydrogen-bond acceptors (Lipinski definition) is 3. The summed E-state index contributed by atoms with van der Waals surface area (Å²) in [6.07, 6.45) is 0.817. The number of methoxy groups -OCH3 is 1. The number of carbonyl (C=O) groups is 1. The van der Waals surface area contributed by atoms with Crippen molar-refractivity contribution >= 4 is 17.1 Å². The van der Waals surface area contributed by atoms with Crippen LogP contribution in [-0.4, -0.2) is 36.3 Å². The third kappa shape index (κ3) is 4.46. The first kappa shape index (κ1) is 16.3. The molecule has 1 aromatic heterocycles. The molecule has 22 heavy (non-hydrogen) atoms. The summed E-state index contributed by atoms with van der Waals surface area (Å²) in [5.74, 6) is 1.23. The summed E-state index contributed by atoms with van der Waals surface area (Å²) < 4.78 is 4.93. The van der Waals surface area contributed by atoms with Crippen molar-refractivity contribution in [3.63, 3.8) is 0 Å². The highest BCUT2D eigenvalue weighted by atomic mass is 16.5. The van der Waals surface area contributed by atoms with Gasteiger partial charge in [0.15, 0.2) is 0 Å². The van der Waals surface area contributed by atoms with Gasteiger partial charge < -0.3 is 20.4 Å². The molecular weight excluding hydrogens is 280 g/mol. The van der Waals surface area contributed by atoms with Crippen molar-refractivity contribution in [1.29, 1.82) is 0 Å². The zero-order valence-corrected chi connectivity index (χ0v) is 13.3. The van der Waals surface area contributed by atoms with Crippen molar-refractivity contribution in [3.8, 4) is 0 Å². The number of aromatic amines is 1. The van der Waals surface area contributed by atoms with Crippen molar-refractivity contribution in [2.45, 2.75) is 26.3 Å². The average Bonchev–Trinajstić information content (AvgIpc) is 2.90. The normalized spacial score (nSPS) is 12.5. The Morgan fingerprint density at radius 3 is 2.82 bits per heavy atom. The van der Waals surface area contributed by atoms with Crippen molar-refractivity contribution in [3.05, 3.63) is 30.1 Å². The maximum absolute atomic E-state index is 12.0. The van der Waals surface area contributed by atoms with Crippen LogP contribution in [0.2, 0.25) is 0 Å². The van der Waals surface area contributed by atoms with E-state index in [0.717, 1.165) is 23.3 Å². The number of fused-ring (bicyclic) bond motifs is 1. The number of nitrogens with one attached hydrogen (secondary N) is 3. The molecule has 3 N–H and O–H groups in total. The standard InChI is InChI=1S/C16H24N4O2/c1-11(2)10-14(20-16(21)17-8-9-22-3)15-18-12-6-4-5-7-13(12)19-15/h4-7,11,14H,8-10H2,1-3H3,(H,18,19)(H2,17,20,21). The summed E-state index contributed by atoms with van der Waals surface area (Å²) in [6.45, 7) is 5.23. The van der Waals surface area contributed by atoms with Gasteiger partial charge in [-0.1, -0.05) is 26.0 Å². The first-order valence-corrected chi connectivity index (χ1v) is 7.58. The molecule has 6 heteroatoms. The highest BCUT2D eigenvalue weighted by molar-refractivity contribution is 5.76. The molecule has 0 aliphatic heterocycles. The molecule has 0 saturated heterocycles. The molecule has 1 unspecified atom stereocenters. The number of H-pyrrole nitrogens is 1. The van der Waals surface area contributed by atoms with Crippen LogP contribution < -0.4 is 10.6 Å². The Balaban J connectivity index is 2.09. The molecule has 2 amide bonds. The van der Waals surface area contributed by atoms with Gasteiger partial charge in [-0.05, 0) is 24.5 Å². The summed E-state index contributed by atoms with van der Waals surface area (Å²) in [6, 6.07) is 7.51. The van der Waals surface area contributed by atoms with Crippen molar-refractivity contribution in [2.24, 2.45) is 5.92 Å². The maximum Gasteiger partial charge on any atom is 0.315 e. The second-order valence-corrected chi connectivity index (χ2v) is 5.71. The molecular formula is C16H24N4O2. The SMILES string of the molecule is COCCNC(=O)NC(CC(C)C)c1nc2ccccc2[nH]1. The number of benzene rings is 1. The molecule has 0 fully saturated rings. The monoisotopic (exact) mass is 304 g/mol. The Kier molecular flexibility index (Phi) is 5.77. The number of hydrogen-bond donors (Lipinski definition) is 3. The van der Waals surface area contributed by atoms with Crippen LogP contribution in [0, 0.1) is 5.92 Å². The highest BCUT2D eigenvalue weighted by Crippen LogP contribution is 2.21. The quantitative estimate of drug-likeness (QED) is 0.688. The minimum absolute atomic E-state index is 0.144. The minimum Gasteiger partial charge on any atom is -0.383 e. The van der Waals surface area contributed by atoms with E-state index in [2.05, 4.69) is 34.4 Å². The maximum atomic E-state index is 12.0. The molecule has 0 radical (unpaired) electrons. The van der Waals surface area contributed by atoms with E-state index in [1.54, 1.807) is 7.11 Å². The molecule has 1 atom stereocenters. The van der Waals surface area contributed by atoms with Gasteiger partial charge in [0.25, 0.3) is 0 Å². The van der Waals surface area contributed by atoms with E-state index in [-0.39, 0.29) is 12.1 Å². The molecule has 1 aromatic carbocycles.